The zero-order chi connectivity index (χ0) is 25.1. The number of aromatic nitrogens is 4. The SMILES string of the molecule is C=CC(=O)Nc1ccc(F)c(Nc2nc(Nc3cnn(C)c3)ncc2-c2ccc3c(c2)OCCO3)c1. The lowest BCUT2D eigenvalue weighted by molar-refractivity contribution is -0.111. The van der Waals surface area contributed by atoms with Crippen LogP contribution in [-0.2, 0) is 11.8 Å². The number of carbonyl (C=O) groups excluding carboxylic acids is 1. The van der Waals surface area contributed by atoms with Gasteiger partial charge in [0.05, 0.1) is 17.6 Å². The van der Waals surface area contributed by atoms with Gasteiger partial charge in [0.2, 0.25) is 11.9 Å². The molecule has 11 heteroatoms. The highest BCUT2D eigenvalue weighted by Crippen LogP contribution is 2.37. The molecule has 182 valence electrons. The quantitative estimate of drug-likeness (QED) is 0.329. The first-order valence-electron chi connectivity index (χ1n) is 11.0. The van der Waals surface area contributed by atoms with Gasteiger partial charge in [0.25, 0.3) is 0 Å². The van der Waals surface area contributed by atoms with Crippen molar-refractivity contribution in [3.8, 4) is 22.6 Å². The van der Waals surface area contributed by atoms with Gasteiger partial charge in [0.15, 0.2) is 11.5 Å². The minimum atomic E-state index is -0.528. The second-order valence-corrected chi connectivity index (χ2v) is 7.86. The van der Waals surface area contributed by atoms with Crippen LogP contribution in [0.3, 0.4) is 0 Å². The second kappa shape index (κ2) is 9.74. The van der Waals surface area contributed by atoms with Crippen molar-refractivity contribution in [1.82, 2.24) is 19.7 Å². The highest BCUT2D eigenvalue weighted by Gasteiger charge is 2.17. The molecule has 0 bridgehead atoms. The third-order valence-corrected chi connectivity index (χ3v) is 5.28. The summed E-state index contributed by atoms with van der Waals surface area (Å²) in [5.74, 6) is 0.923. The topological polar surface area (TPSA) is 115 Å². The number of aryl methyl sites for hydroxylation is 1. The first kappa shape index (κ1) is 22.8. The minimum Gasteiger partial charge on any atom is -0.486 e. The Labute approximate surface area is 205 Å². The van der Waals surface area contributed by atoms with Crippen LogP contribution >= 0.6 is 0 Å². The van der Waals surface area contributed by atoms with Gasteiger partial charge in [-0.15, -0.1) is 0 Å². The predicted molar refractivity (Wildman–Crippen MR) is 133 cm³/mol. The van der Waals surface area contributed by atoms with Gasteiger partial charge in [-0.3, -0.25) is 9.48 Å². The van der Waals surface area contributed by atoms with Crippen LogP contribution in [0.5, 0.6) is 11.5 Å². The smallest absolute Gasteiger partial charge is 0.247 e. The van der Waals surface area contributed by atoms with Crippen molar-refractivity contribution in [2.45, 2.75) is 0 Å². The van der Waals surface area contributed by atoms with E-state index < -0.39 is 11.7 Å². The number of rotatable bonds is 7. The van der Waals surface area contributed by atoms with Crippen LogP contribution in [0, 0.1) is 5.82 Å². The summed E-state index contributed by atoms with van der Waals surface area (Å²) in [5, 5.41) is 12.9. The largest absolute Gasteiger partial charge is 0.486 e. The van der Waals surface area contributed by atoms with E-state index in [0.717, 1.165) is 11.6 Å². The molecule has 0 radical (unpaired) electrons. The first-order valence-corrected chi connectivity index (χ1v) is 11.0. The van der Waals surface area contributed by atoms with E-state index in [-0.39, 0.29) is 11.6 Å². The number of ether oxygens (including phenoxy) is 2. The zero-order valence-electron chi connectivity index (χ0n) is 19.3. The Balaban J connectivity index is 1.54. The molecular weight excluding hydrogens is 465 g/mol. The van der Waals surface area contributed by atoms with Gasteiger partial charge in [-0.2, -0.15) is 10.1 Å². The van der Waals surface area contributed by atoms with Crippen molar-refractivity contribution < 1.29 is 18.7 Å². The lowest BCUT2D eigenvalue weighted by Gasteiger charge is -2.20. The van der Waals surface area contributed by atoms with Gasteiger partial charge >= 0.3 is 0 Å². The Morgan fingerprint density at radius 3 is 2.69 bits per heavy atom. The van der Waals surface area contributed by atoms with Crippen molar-refractivity contribution in [3.05, 3.63) is 73.5 Å². The van der Waals surface area contributed by atoms with Crippen LogP contribution in [0.15, 0.2) is 67.6 Å². The van der Waals surface area contributed by atoms with Crippen molar-refractivity contribution in [2.24, 2.45) is 7.05 Å². The second-order valence-electron chi connectivity index (χ2n) is 7.86. The van der Waals surface area contributed by atoms with Gasteiger partial charge in [-0.25, -0.2) is 9.37 Å². The Morgan fingerprint density at radius 2 is 1.92 bits per heavy atom. The number of hydrogen-bond donors (Lipinski definition) is 3. The van der Waals surface area contributed by atoms with Crippen molar-refractivity contribution >= 4 is 34.7 Å². The van der Waals surface area contributed by atoms with Crippen LogP contribution in [0.2, 0.25) is 0 Å². The highest BCUT2D eigenvalue weighted by atomic mass is 19.1. The fourth-order valence-corrected chi connectivity index (χ4v) is 3.59. The number of carbonyl (C=O) groups is 1. The Bertz CT molecular complexity index is 1450. The van der Waals surface area contributed by atoms with Gasteiger partial charge in [0.1, 0.15) is 24.8 Å². The molecule has 0 saturated heterocycles. The third kappa shape index (κ3) is 4.94. The summed E-state index contributed by atoms with van der Waals surface area (Å²) < 4.78 is 27.8. The molecule has 2 aromatic heterocycles. The zero-order valence-corrected chi connectivity index (χ0v) is 19.3. The molecule has 1 aliphatic rings. The molecule has 4 aromatic rings. The minimum absolute atomic E-state index is 0.113. The van der Waals surface area contributed by atoms with E-state index in [4.69, 9.17) is 9.47 Å². The number of amides is 1. The van der Waals surface area contributed by atoms with E-state index in [2.05, 4.69) is 37.6 Å². The molecule has 0 unspecified atom stereocenters. The number of fused-ring (bicyclic) bond motifs is 1. The maximum atomic E-state index is 14.8. The van der Waals surface area contributed by atoms with Gasteiger partial charge in [-0.05, 0) is 42.0 Å². The molecule has 1 amide bonds. The summed E-state index contributed by atoms with van der Waals surface area (Å²) >= 11 is 0. The summed E-state index contributed by atoms with van der Waals surface area (Å²) in [7, 11) is 1.80. The number of nitrogens with zero attached hydrogens (tertiary/aromatic N) is 4. The van der Waals surface area contributed by atoms with Crippen LogP contribution in [0.1, 0.15) is 0 Å². The van der Waals surface area contributed by atoms with Gasteiger partial charge in [-0.1, -0.05) is 12.6 Å². The predicted octanol–water partition coefficient (Wildman–Crippen LogP) is 4.40. The molecule has 0 fully saturated rings. The third-order valence-electron chi connectivity index (χ3n) is 5.28. The van der Waals surface area contributed by atoms with Gasteiger partial charge < -0.3 is 25.4 Å². The molecule has 0 saturated carbocycles. The molecule has 2 aromatic carbocycles. The van der Waals surface area contributed by atoms with E-state index in [0.29, 0.717) is 47.5 Å². The van der Waals surface area contributed by atoms with Crippen molar-refractivity contribution in [1.29, 1.82) is 0 Å². The van der Waals surface area contributed by atoms with Crippen molar-refractivity contribution in [2.75, 3.05) is 29.2 Å². The average molecular weight is 487 g/mol. The number of anilines is 5. The Hall–Kier alpha value is -4.93. The first-order chi connectivity index (χ1) is 17.5. The maximum absolute atomic E-state index is 14.8. The lowest BCUT2D eigenvalue weighted by atomic mass is 10.1. The molecule has 1 aliphatic heterocycles. The van der Waals surface area contributed by atoms with Crippen LogP contribution in [-0.4, -0.2) is 38.9 Å². The summed E-state index contributed by atoms with van der Waals surface area (Å²) in [6.07, 6.45) is 6.17. The van der Waals surface area contributed by atoms with Crippen LogP contribution < -0.4 is 25.4 Å². The number of hydrogen-bond acceptors (Lipinski definition) is 8. The molecule has 0 aliphatic carbocycles. The Morgan fingerprint density at radius 1 is 1.08 bits per heavy atom. The molecule has 10 nitrogen and oxygen atoms in total. The molecule has 3 N–H and O–H groups in total. The van der Waals surface area contributed by atoms with E-state index >= 15 is 0 Å². The Kier molecular flexibility index (Phi) is 6.18. The lowest BCUT2D eigenvalue weighted by Crippen LogP contribution is -2.15. The number of nitrogens with one attached hydrogen (secondary N) is 3. The number of benzene rings is 2. The van der Waals surface area contributed by atoms with E-state index in [1.165, 1.54) is 18.2 Å². The normalized spacial score (nSPS) is 12.1. The maximum Gasteiger partial charge on any atom is 0.247 e. The fraction of sp³-hybridized carbons (Fsp3) is 0.120. The van der Waals surface area contributed by atoms with E-state index in [1.807, 2.05) is 12.1 Å². The van der Waals surface area contributed by atoms with Gasteiger partial charge in [0, 0.05) is 30.7 Å². The van der Waals surface area contributed by atoms with Crippen LogP contribution in [0.4, 0.5) is 33.2 Å². The molecule has 0 spiro atoms. The summed E-state index contributed by atoms with van der Waals surface area (Å²) in [5.41, 5.74) is 2.54. The van der Waals surface area contributed by atoms with E-state index in [9.17, 15) is 9.18 Å². The molecular formula is C25H22FN7O3. The summed E-state index contributed by atoms with van der Waals surface area (Å²) in [6.45, 7) is 4.36. The van der Waals surface area contributed by atoms with Crippen molar-refractivity contribution in [3.63, 3.8) is 0 Å². The number of halogens is 1. The summed E-state index contributed by atoms with van der Waals surface area (Å²) in [6, 6.07) is 9.66. The van der Waals surface area contributed by atoms with Crippen LogP contribution in [0.25, 0.3) is 11.1 Å². The highest BCUT2D eigenvalue weighted by molar-refractivity contribution is 5.99. The molecule has 36 heavy (non-hydrogen) atoms. The summed E-state index contributed by atoms with van der Waals surface area (Å²) in [4.78, 5) is 20.7. The average Bonchev–Trinajstić information content (AvgIpc) is 3.30. The fourth-order valence-electron chi connectivity index (χ4n) is 3.59. The molecule has 0 atom stereocenters. The standard InChI is InChI=1S/C25H22FN7O3/c1-3-23(34)29-16-5-6-19(26)20(11-16)31-24-18(15-4-7-21-22(10-15)36-9-8-35-21)13-27-25(32-24)30-17-12-28-33(2)14-17/h3-7,10-14H,1,8-9H2,2H3,(H,29,34)(H2,27,30,31,32). The monoisotopic (exact) mass is 487 g/mol. The molecule has 5 rings (SSSR count). The van der Waals surface area contributed by atoms with E-state index in [1.54, 1.807) is 36.4 Å². The molecule has 3 heterocycles.